The summed E-state index contributed by atoms with van der Waals surface area (Å²) in [6.45, 7) is 13.1. The second-order valence-corrected chi connectivity index (χ2v) is 18.3. The molecule has 5 heteroatoms. The number of benzene rings is 1. The van der Waals surface area contributed by atoms with Crippen molar-refractivity contribution in [3.05, 3.63) is 23.8 Å². The first-order valence-corrected chi connectivity index (χ1v) is 15.9. The van der Waals surface area contributed by atoms with Crippen LogP contribution in [-0.2, 0) is 6.42 Å². The zero-order valence-electron chi connectivity index (χ0n) is 17.2. The monoisotopic (exact) mass is 388 g/mol. The minimum atomic E-state index is -1.51. The summed E-state index contributed by atoms with van der Waals surface area (Å²) in [4.78, 5) is 0. The molecule has 0 spiro atoms. The Morgan fingerprint density at radius 2 is 1.46 bits per heavy atom. The molecular weight excluding hydrogens is 356 g/mol. The molecule has 0 aliphatic heterocycles. The molecule has 1 aromatic carbocycles. The molecule has 3 nitrogen and oxygen atoms in total. The summed E-state index contributed by atoms with van der Waals surface area (Å²) in [5.41, 5.74) is 6.10. The lowest BCUT2D eigenvalue weighted by Crippen LogP contribution is -2.31. The molecule has 0 heterocycles. The molecule has 0 amide bonds. The van der Waals surface area contributed by atoms with Crippen LogP contribution in [0.1, 0.15) is 18.4 Å². The van der Waals surface area contributed by atoms with Gasteiger partial charge in [-0.15, -0.1) is 22.9 Å². The van der Waals surface area contributed by atoms with Crippen LogP contribution < -0.4 is 4.74 Å². The van der Waals surface area contributed by atoms with E-state index in [1.54, 1.807) is 25.3 Å². The van der Waals surface area contributed by atoms with Crippen LogP contribution in [-0.4, -0.2) is 39.1 Å². The van der Waals surface area contributed by atoms with Gasteiger partial charge in [0, 0.05) is 24.8 Å². The molecule has 2 N–H and O–H groups in total. The summed E-state index contributed by atoms with van der Waals surface area (Å²) in [5, 5.41) is 21.5. The second kappa shape index (κ2) is 8.82. The predicted octanol–water partition coefficient (Wildman–Crippen LogP) is 4.22. The molecule has 0 bridgehead atoms. The number of ether oxygens (including phenoxy) is 1. The minimum Gasteiger partial charge on any atom is -0.508 e. The summed E-state index contributed by atoms with van der Waals surface area (Å²) >= 11 is 0. The van der Waals surface area contributed by atoms with Gasteiger partial charge in [0.15, 0.2) is 0 Å². The van der Waals surface area contributed by atoms with Crippen LogP contribution in [0.2, 0.25) is 39.3 Å². The highest BCUT2D eigenvalue weighted by molar-refractivity contribution is 6.84. The average Bonchev–Trinajstić information content (AvgIpc) is 2.46. The van der Waals surface area contributed by atoms with Crippen LogP contribution >= 0.6 is 0 Å². The van der Waals surface area contributed by atoms with Crippen molar-refractivity contribution in [1.82, 2.24) is 0 Å². The number of phenolic OH excluding ortho intramolecular Hbond substituents is 1. The summed E-state index contributed by atoms with van der Waals surface area (Å²) in [5.74, 6) is 7.04. The molecule has 0 aliphatic rings. The van der Waals surface area contributed by atoms with E-state index in [2.05, 4.69) is 62.2 Å². The van der Waals surface area contributed by atoms with Gasteiger partial charge in [-0.3, -0.25) is 0 Å². The van der Waals surface area contributed by atoms with Crippen molar-refractivity contribution in [3.63, 3.8) is 0 Å². The first-order chi connectivity index (χ1) is 11.9. The van der Waals surface area contributed by atoms with Crippen LogP contribution in [0.25, 0.3) is 0 Å². The van der Waals surface area contributed by atoms with Crippen LogP contribution in [0.3, 0.4) is 0 Å². The smallest absolute Gasteiger partial charge is 0.129 e. The average molecular weight is 389 g/mol. The lowest BCUT2D eigenvalue weighted by atomic mass is 9.88. The molecule has 0 fully saturated rings. The van der Waals surface area contributed by atoms with Crippen LogP contribution in [0, 0.1) is 22.9 Å². The third-order valence-corrected chi connectivity index (χ3v) is 5.45. The molecule has 1 aromatic rings. The Kier molecular flexibility index (Phi) is 7.59. The molecule has 0 saturated carbocycles. The van der Waals surface area contributed by atoms with Gasteiger partial charge in [-0.1, -0.05) is 45.3 Å². The maximum absolute atomic E-state index is 11.3. The van der Waals surface area contributed by atoms with Gasteiger partial charge in [0.25, 0.3) is 0 Å². The third kappa shape index (κ3) is 8.14. The van der Waals surface area contributed by atoms with Crippen LogP contribution in [0.5, 0.6) is 11.5 Å². The number of hydrogen-bond acceptors (Lipinski definition) is 3. The van der Waals surface area contributed by atoms with Gasteiger partial charge in [0.05, 0.1) is 12.7 Å². The molecule has 0 unspecified atom stereocenters. The number of phenols is 1. The van der Waals surface area contributed by atoms with Crippen LogP contribution in [0.4, 0.5) is 0 Å². The molecule has 0 atom stereocenters. The van der Waals surface area contributed by atoms with E-state index < -0.39 is 21.7 Å². The third-order valence-electron chi connectivity index (χ3n) is 3.60. The van der Waals surface area contributed by atoms with Crippen molar-refractivity contribution >= 4 is 16.1 Å². The van der Waals surface area contributed by atoms with E-state index in [0.29, 0.717) is 24.2 Å². The topological polar surface area (TPSA) is 49.7 Å². The van der Waals surface area contributed by atoms with Crippen molar-refractivity contribution < 1.29 is 14.9 Å². The van der Waals surface area contributed by atoms with E-state index in [1.807, 2.05) is 0 Å². The van der Waals surface area contributed by atoms with E-state index in [1.165, 1.54) is 0 Å². The lowest BCUT2D eigenvalue weighted by molar-refractivity contribution is 0.0498. The maximum atomic E-state index is 11.3. The Morgan fingerprint density at radius 1 is 0.962 bits per heavy atom. The van der Waals surface area contributed by atoms with Crippen molar-refractivity contribution in [2.24, 2.45) is 0 Å². The Hall–Kier alpha value is -1.67. The van der Waals surface area contributed by atoms with E-state index in [9.17, 15) is 10.2 Å². The van der Waals surface area contributed by atoms with Crippen molar-refractivity contribution in [2.75, 3.05) is 7.11 Å². The van der Waals surface area contributed by atoms with Gasteiger partial charge in [-0.05, 0) is 12.1 Å². The molecular formula is C21H32O3Si2. The van der Waals surface area contributed by atoms with Crippen molar-refractivity contribution in [3.8, 4) is 34.4 Å². The van der Waals surface area contributed by atoms with Gasteiger partial charge in [0.1, 0.15) is 27.6 Å². The minimum absolute atomic E-state index is 0.124. The number of aliphatic hydroxyl groups is 1. The quantitative estimate of drug-likeness (QED) is 0.587. The fourth-order valence-electron chi connectivity index (χ4n) is 2.39. The van der Waals surface area contributed by atoms with Gasteiger partial charge >= 0.3 is 0 Å². The highest BCUT2D eigenvalue weighted by Gasteiger charge is 2.29. The van der Waals surface area contributed by atoms with Crippen LogP contribution in [0.15, 0.2) is 18.2 Å². The largest absolute Gasteiger partial charge is 0.508 e. The maximum Gasteiger partial charge on any atom is 0.129 e. The molecule has 142 valence electrons. The molecule has 0 radical (unpaired) electrons. The standard InChI is InChI=1S/C21H32O3Si2/c1-24-20-12-8-11-19(22)18(20)17-21(23,13-9-15-25(2,3)4)14-10-16-26(5,6)7/h8,11-12,22-23H,13-14,17H2,1-7H3. The summed E-state index contributed by atoms with van der Waals surface area (Å²) in [6.07, 6.45) is 0.911. The van der Waals surface area contributed by atoms with E-state index >= 15 is 0 Å². The summed E-state index contributed by atoms with van der Waals surface area (Å²) in [6, 6.07) is 5.13. The molecule has 0 saturated heterocycles. The van der Waals surface area contributed by atoms with E-state index in [0.717, 1.165) is 0 Å². The van der Waals surface area contributed by atoms with E-state index in [4.69, 9.17) is 4.74 Å². The fraction of sp³-hybridized carbons (Fsp3) is 0.524. The van der Waals surface area contributed by atoms with Gasteiger partial charge < -0.3 is 14.9 Å². The van der Waals surface area contributed by atoms with Gasteiger partial charge in [0.2, 0.25) is 0 Å². The Bertz CT molecular complexity index is 701. The fourth-order valence-corrected chi connectivity index (χ4v) is 3.62. The van der Waals surface area contributed by atoms with Crippen molar-refractivity contribution in [1.29, 1.82) is 0 Å². The summed E-state index contributed by atoms with van der Waals surface area (Å²) in [7, 11) is -1.47. The van der Waals surface area contributed by atoms with Crippen molar-refractivity contribution in [2.45, 2.75) is 64.1 Å². The predicted molar refractivity (Wildman–Crippen MR) is 115 cm³/mol. The van der Waals surface area contributed by atoms with Gasteiger partial charge in [-0.25, -0.2) is 0 Å². The zero-order chi connectivity index (χ0) is 20.0. The second-order valence-electron chi connectivity index (χ2n) is 8.82. The number of methoxy groups -OCH3 is 1. The Balaban J connectivity index is 3.18. The van der Waals surface area contributed by atoms with E-state index in [-0.39, 0.29) is 12.2 Å². The Morgan fingerprint density at radius 3 is 1.88 bits per heavy atom. The molecule has 0 aromatic heterocycles. The highest BCUT2D eigenvalue weighted by atomic mass is 28.3. The first kappa shape index (κ1) is 22.4. The zero-order valence-corrected chi connectivity index (χ0v) is 19.2. The lowest BCUT2D eigenvalue weighted by Gasteiger charge is -2.26. The molecule has 26 heavy (non-hydrogen) atoms. The number of rotatable bonds is 5. The van der Waals surface area contributed by atoms with Gasteiger partial charge in [-0.2, -0.15) is 0 Å². The first-order valence-electron chi connectivity index (χ1n) is 8.92. The normalized spacial score (nSPS) is 11.8. The Labute approximate surface area is 160 Å². The highest BCUT2D eigenvalue weighted by Crippen LogP contribution is 2.33. The molecule has 0 aliphatic carbocycles. The number of hydrogen-bond donors (Lipinski definition) is 2. The molecule has 1 rings (SSSR count). The SMILES string of the molecule is COc1cccc(O)c1CC(O)(CC#C[Si](C)(C)C)CC#C[Si](C)(C)C. The summed E-state index contributed by atoms with van der Waals surface area (Å²) < 4.78 is 5.36. The number of aromatic hydroxyl groups is 1.